The van der Waals surface area contributed by atoms with Crippen molar-refractivity contribution in [1.82, 2.24) is 19.4 Å². The molecule has 3 aromatic carbocycles. The Morgan fingerprint density at radius 2 is 1.76 bits per heavy atom. The Hall–Kier alpha value is -4.04. The van der Waals surface area contributed by atoms with Gasteiger partial charge in [-0.25, -0.2) is 18.7 Å². The fraction of sp³-hybridized carbons (Fsp3) is 0.241. The molecule has 0 aliphatic carbocycles. The first kappa shape index (κ1) is 23.4. The van der Waals surface area contributed by atoms with E-state index in [-0.39, 0.29) is 18.2 Å². The number of aromatic nitrogens is 3. The van der Waals surface area contributed by atoms with E-state index in [1.807, 2.05) is 53.2 Å². The van der Waals surface area contributed by atoms with E-state index in [2.05, 4.69) is 27.2 Å². The van der Waals surface area contributed by atoms with Gasteiger partial charge in [0.15, 0.2) is 0 Å². The topological polar surface area (TPSA) is 55.2 Å². The van der Waals surface area contributed by atoms with Crippen LogP contribution >= 0.6 is 0 Å². The number of piperidine rings is 1. The summed E-state index contributed by atoms with van der Waals surface area (Å²) in [6.45, 7) is 2.14. The van der Waals surface area contributed by atoms with Crippen LogP contribution in [0.15, 0.2) is 73.2 Å². The summed E-state index contributed by atoms with van der Waals surface area (Å²) in [6.07, 6.45) is 5.50. The van der Waals surface area contributed by atoms with E-state index in [1.165, 1.54) is 18.2 Å². The monoisotopic (exact) mass is 499 g/mol. The maximum Gasteiger partial charge on any atom is 0.145 e. The molecule has 2 aromatic heterocycles. The number of hydrogen-bond donors (Lipinski definition) is 1. The molecule has 0 unspecified atom stereocenters. The van der Waals surface area contributed by atoms with E-state index in [9.17, 15) is 8.78 Å². The van der Waals surface area contributed by atoms with Crippen LogP contribution in [0.4, 0.5) is 20.3 Å². The predicted octanol–water partition coefficient (Wildman–Crippen LogP) is 6.13. The smallest absolute Gasteiger partial charge is 0.145 e. The lowest BCUT2D eigenvalue weighted by Gasteiger charge is -2.29. The van der Waals surface area contributed by atoms with Crippen molar-refractivity contribution in [2.45, 2.75) is 25.5 Å². The Balaban J connectivity index is 1.29. The van der Waals surface area contributed by atoms with Gasteiger partial charge in [-0.15, -0.1) is 0 Å². The van der Waals surface area contributed by atoms with Crippen LogP contribution in [0.1, 0.15) is 18.4 Å². The Labute approximate surface area is 213 Å². The molecule has 0 bridgehead atoms. The molecule has 1 aliphatic heterocycles. The number of hydrogen-bond acceptors (Lipinski definition) is 5. The van der Waals surface area contributed by atoms with Crippen LogP contribution in [-0.2, 0) is 6.54 Å². The zero-order chi connectivity index (χ0) is 25.4. The number of benzene rings is 3. The summed E-state index contributed by atoms with van der Waals surface area (Å²) in [7, 11) is 2.13. The Morgan fingerprint density at radius 3 is 2.57 bits per heavy atom. The van der Waals surface area contributed by atoms with E-state index in [4.69, 9.17) is 4.74 Å². The molecule has 6 rings (SSSR count). The molecule has 0 amide bonds. The van der Waals surface area contributed by atoms with E-state index >= 15 is 0 Å². The third-order valence-electron chi connectivity index (χ3n) is 7.01. The minimum atomic E-state index is -0.547. The third-order valence-corrected chi connectivity index (χ3v) is 7.01. The number of nitrogens with one attached hydrogen (secondary N) is 1. The van der Waals surface area contributed by atoms with Gasteiger partial charge in [0, 0.05) is 41.4 Å². The average molecular weight is 500 g/mol. The lowest BCUT2D eigenvalue weighted by molar-refractivity contribution is 0.116. The van der Waals surface area contributed by atoms with Crippen LogP contribution in [0.5, 0.6) is 5.75 Å². The van der Waals surface area contributed by atoms with Crippen molar-refractivity contribution in [3.05, 3.63) is 90.4 Å². The summed E-state index contributed by atoms with van der Waals surface area (Å²) in [5.41, 5.74) is 2.58. The predicted molar refractivity (Wildman–Crippen MR) is 141 cm³/mol. The first-order chi connectivity index (χ1) is 18.0. The molecule has 5 aromatic rings. The molecule has 0 saturated carbocycles. The number of fused-ring (bicyclic) bond motifs is 2. The second-order valence-electron chi connectivity index (χ2n) is 9.54. The number of halogens is 2. The van der Waals surface area contributed by atoms with E-state index in [1.54, 1.807) is 6.33 Å². The molecule has 3 heterocycles. The summed E-state index contributed by atoms with van der Waals surface area (Å²) >= 11 is 0. The standard InChI is InChI=1S/C29H27F2N5O/c1-35-13-11-21(12-14-35)37-27-7-3-6-25-28(27)29(33-18-32-25)34-20-8-9-26-19(16-20)10-15-36(26)17-22-23(30)4-2-5-24(22)31/h2-10,15-16,18,21H,11-14,17H2,1H3,(H,32,33,34). The van der Waals surface area contributed by atoms with Gasteiger partial charge >= 0.3 is 0 Å². The summed E-state index contributed by atoms with van der Waals surface area (Å²) in [5, 5.41) is 5.22. The lowest BCUT2D eigenvalue weighted by Crippen LogP contribution is -2.35. The molecule has 188 valence electrons. The van der Waals surface area contributed by atoms with Crippen molar-refractivity contribution >= 4 is 33.3 Å². The van der Waals surface area contributed by atoms with Gasteiger partial charge in [-0.05, 0) is 68.4 Å². The highest BCUT2D eigenvalue weighted by molar-refractivity contribution is 5.96. The second kappa shape index (κ2) is 9.78. The summed E-state index contributed by atoms with van der Waals surface area (Å²) in [6, 6.07) is 17.6. The van der Waals surface area contributed by atoms with Gasteiger partial charge in [0.25, 0.3) is 0 Å². The molecule has 0 spiro atoms. The second-order valence-corrected chi connectivity index (χ2v) is 9.54. The van der Waals surface area contributed by atoms with Crippen LogP contribution in [0.3, 0.4) is 0 Å². The molecule has 0 atom stereocenters. The van der Waals surface area contributed by atoms with Crippen molar-refractivity contribution in [1.29, 1.82) is 0 Å². The molecular formula is C29H27F2N5O. The number of nitrogens with zero attached hydrogens (tertiary/aromatic N) is 4. The van der Waals surface area contributed by atoms with Crippen molar-refractivity contribution < 1.29 is 13.5 Å². The van der Waals surface area contributed by atoms with Crippen molar-refractivity contribution in [3.8, 4) is 5.75 Å². The molecule has 37 heavy (non-hydrogen) atoms. The van der Waals surface area contributed by atoms with Crippen molar-refractivity contribution in [2.75, 3.05) is 25.5 Å². The highest BCUT2D eigenvalue weighted by Gasteiger charge is 2.20. The maximum absolute atomic E-state index is 14.2. The summed E-state index contributed by atoms with van der Waals surface area (Å²) in [4.78, 5) is 11.3. The summed E-state index contributed by atoms with van der Waals surface area (Å²) < 4.78 is 36.6. The Kier molecular flexibility index (Phi) is 6.18. The van der Waals surface area contributed by atoms with Gasteiger partial charge in [0.1, 0.15) is 35.6 Å². The number of anilines is 2. The van der Waals surface area contributed by atoms with E-state index < -0.39 is 11.6 Å². The van der Waals surface area contributed by atoms with Gasteiger partial charge in [-0.3, -0.25) is 0 Å². The normalized spacial score (nSPS) is 14.9. The van der Waals surface area contributed by atoms with E-state index in [0.717, 1.165) is 59.2 Å². The largest absolute Gasteiger partial charge is 0.489 e. The fourth-order valence-corrected chi connectivity index (χ4v) is 4.96. The van der Waals surface area contributed by atoms with Gasteiger partial charge in [0.2, 0.25) is 0 Å². The molecule has 1 N–H and O–H groups in total. The first-order valence-electron chi connectivity index (χ1n) is 12.4. The SMILES string of the molecule is CN1CCC(Oc2cccc3ncnc(Nc4ccc5c(ccn5Cc5c(F)cccc5F)c4)c23)CC1. The van der Waals surface area contributed by atoms with Crippen LogP contribution in [0, 0.1) is 11.6 Å². The van der Waals surface area contributed by atoms with Crippen LogP contribution in [-0.4, -0.2) is 45.7 Å². The highest BCUT2D eigenvalue weighted by atomic mass is 19.1. The zero-order valence-corrected chi connectivity index (χ0v) is 20.5. The molecule has 1 aliphatic rings. The van der Waals surface area contributed by atoms with Gasteiger partial charge < -0.3 is 19.5 Å². The van der Waals surface area contributed by atoms with Crippen LogP contribution in [0.2, 0.25) is 0 Å². The van der Waals surface area contributed by atoms with E-state index in [0.29, 0.717) is 5.82 Å². The minimum absolute atomic E-state index is 0.0480. The number of likely N-dealkylation sites (tertiary alicyclic amines) is 1. The van der Waals surface area contributed by atoms with Crippen LogP contribution < -0.4 is 10.1 Å². The van der Waals surface area contributed by atoms with Crippen LogP contribution in [0.25, 0.3) is 21.8 Å². The quantitative estimate of drug-likeness (QED) is 0.305. The number of rotatable bonds is 6. The molecule has 0 radical (unpaired) electrons. The zero-order valence-electron chi connectivity index (χ0n) is 20.5. The molecule has 1 fully saturated rings. The Bertz CT molecular complexity index is 1550. The maximum atomic E-state index is 14.2. The molecule has 8 heteroatoms. The highest BCUT2D eigenvalue weighted by Crippen LogP contribution is 2.34. The lowest BCUT2D eigenvalue weighted by atomic mass is 10.1. The molecule has 6 nitrogen and oxygen atoms in total. The third kappa shape index (κ3) is 4.72. The number of ether oxygens (including phenoxy) is 1. The molecular weight excluding hydrogens is 472 g/mol. The fourth-order valence-electron chi connectivity index (χ4n) is 4.96. The summed E-state index contributed by atoms with van der Waals surface area (Å²) in [5.74, 6) is 0.345. The van der Waals surface area contributed by atoms with Gasteiger partial charge in [0.05, 0.1) is 17.4 Å². The molecule has 1 saturated heterocycles. The van der Waals surface area contributed by atoms with Crippen molar-refractivity contribution in [2.24, 2.45) is 0 Å². The average Bonchev–Trinajstić information content (AvgIpc) is 3.30. The first-order valence-corrected chi connectivity index (χ1v) is 12.4. The van der Waals surface area contributed by atoms with Crippen molar-refractivity contribution in [3.63, 3.8) is 0 Å². The Morgan fingerprint density at radius 1 is 0.973 bits per heavy atom. The minimum Gasteiger partial charge on any atom is -0.489 e. The van der Waals surface area contributed by atoms with Gasteiger partial charge in [-0.2, -0.15) is 0 Å². The van der Waals surface area contributed by atoms with Gasteiger partial charge in [-0.1, -0.05) is 12.1 Å².